The van der Waals surface area contributed by atoms with E-state index in [9.17, 15) is 24.5 Å². The highest BCUT2D eigenvalue weighted by atomic mass is 16.6. The number of ether oxygens (including phenoxy) is 3. The maximum absolute atomic E-state index is 12.2. The van der Waals surface area contributed by atoms with Gasteiger partial charge in [0.2, 0.25) is 5.91 Å². The Balaban J connectivity index is 1.33. The summed E-state index contributed by atoms with van der Waals surface area (Å²) in [4.78, 5) is 46.1. The van der Waals surface area contributed by atoms with Crippen LogP contribution in [-0.4, -0.2) is 36.4 Å². The van der Waals surface area contributed by atoms with E-state index < -0.39 is 23.4 Å². The van der Waals surface area contributed by atoms with E-state index in [0.29, 0.717) is 17.2 Å². The summed E-state index contributed by atoms with van der Waals surface area (Å²) in [6, 6.07) is 19.4. The summed E-state index contributed by atoms with van der Waals surface area (Å²) < 4.78 is 15.7. The lowest BCUT2D eigenvalue weighted by molar-refractivity contribution is -0.384. The van der Waals surface area contributed by atoms with E-state index >= 15 is 0 Å². The van der Waals surface area contributed by atoms with Crippen molar-refractivity contribution in [2.24, 2.45) is 0 Å². The van der Waals surface area contributed by atoms with Gasteiger partial charge in [0, 0.05) is 36.3 Å². The number of nitro benzene ring substituents is 1. The van der Waals surface area contributed by atoms with Crippen LogP contribution >= 0.6 is 0 Å². The fraction of sp³-hybridized carbons (Fsp3) is 0.192. The molecule has 0 aromatic heterocycles. The molecule has 0 aliphatic rings. The van der Waals surface area contributed by atoms with Crippen LogP contribution in [0.2, 0.25) is 0 Å². The number of carbonyl (C=O) groups is 3. The zero-order chi connectivity index (χ0) is 26.6. The number of nitro groups is 1. The highest BCUT2D eigenvalue weighted by molar-refractivity contribution is 5.93. The van der Waals surface area contributed by atoms with Gasteiger partial charge in [-0.2, -0.15) is 0 Å². The monoisotopic (exact) mass is 507 g/mol. The molecule has 0 aliphatic heterocycles. The second kappa shape index (κ2) is 13.2. The Morgan fingerprint density at radius 3 is 2.08 bits per heavy atom. The summed E-state index contributed by atoms with van der Waals surface area (Å²) in [7, 11) is 1.59. The van der Waals surface area contributed by atoms with Crippen LogP contribution in [-0.2, 0) is 19.1 Å². The van der Waals surface area contributed by atoms with E-state index in [1.165, 1.54) is 24.3 Å². The van der Waals surface area contributed by atoms with Crippen molar-refractivity contribution in [1.82, 2.24) is 0 Å². The molecule has 0 spiro atoms. The van der Waals surface area contributed by atoms with Gasteiger partial charge in [-0.1, -0.05) is 6.07 Å². The fourth-order valence-corrected chi connectivity index (χ4v) is 3.12. The highest BCUT2D eigenvalue weighted by Crippen LogP contribution is 2.25. The molecule has 0 fully saturated rings. The molecule has 0 unspecified atom stereocenters. The Hall–Kier alpha value is -4.93. The van der Waals surface area contributed by atoms with Gasteiger partial charge in [0.05, 0.1) is 12.0 Å². The number of methoxy groups -OCH3 is 1. The number of esters is 1. The number of nitrogens with zero attached hydrogens (tertiary/aromatic N) is 1. The summed E-state index contributed by atoms with van der Waals surface area (Å²) in [5.74, 6) is 0.418. The van der Waals surface area contributed by atoms with Crippen LogP contribution in [0.15, 0.2) is 72.8 Å². The molecule has 0 heterocycles. The largest absolute Gasteiger partial charge is 0.497 e. The van der Waals surface area contributed by atoms with Crippen LogP contribution in [0.1, 0.15) is 19.3 Å². The second-order valence-corrected chi connectivity index (χ2v) is 7.72. The first-order valence-corrected chi connectivity index (χ1v) is 11.2. The molecule has 3 aromatic rings. The van der Waals surface area contributed by atoms with Gasteiger partial charge in [0.15, 0.2) is 6.61 Å². The van der Waals surface area contributed by atoms with Crippen LogP contribution in [0.3, 0.4) is 0 Å². The topological polar surface area (TPSA) is 146 Å². The SMILES string of the molecule is COc1ccc(Oc2ccc(NC(=O)CCCC(=O)OCC(=O)Nc3cccc([N+](=O)[O-])c3)cc2)cc1. The molecule has 0 atom stereocenters. The second-order valence-electron chi connectivity index (χ2n) is 7.72. The molecule has 0 radical (unpaired) electrons. The number of amides is 2. The molecule has 0 saturated carbocycles. The maximum Gasteiger partial charge on any atom is 0.306 e. The Bertz CT molecular complexity index is 1240. The first-order chi connectivity index (χ1) is 17.8. The van der Waals surface area contributed by atoms with Crippen LogP contribution in [0, 0.1) is 10.1 Å². The first-order valence-electron chi connectivity index (χ1n) is 11.2. The number of hydrogen-bond donors (Lipinski definition) is 2. The van der Waals surface area contributed by atoms with Crippen LogP contribution in [0.25, 0.3) is 0 Å². The predicted molar refractivity (Wildman–Crippen MR) is 135 cm³/mol. The third-order valence-corrected chi connectivity index (χ3v) is 4.92. The van der Waals surface area contributed by atoms with Crippen molar-refractivity contribution in [3.05, 3.63) is 82.9 Å². The van der Waals surface area contributed by atoms with Crippen molar-refractivity contribution >= 4 is 34.8 Å². The van der Waals surface area contributed by atoms with E-state index in [-0.39, 0.29) is 36.5 Å². The van der Waals surface area contributed by atoms with E-state index in [4.69, 9.17) is 14.2 Å². The number of benzene rings is 3. The lowest BCUT2D eigenvalue weighted by Gasteiger charge is -2.09. The zero-order valence-corrected chi connectivity index (χ0v) is 20.0. The minimum Gasteiger partial charge on any atom is -0.497 e. The molecule has 11 nitrogen and oxygen atoms in total. The van der Waals surface area contributed by atoms with Gasteiger partial charge in [-0.05, 0) is 61.0 Å². The molecule has 192 valence electrons. The van der Waals surface area contributed by atoms with Gasteiger partial charge >= 0.3 is 5.97 Å². The average molecular weight is 507 g/mol. The summed E-state index contributed by atoms with van der Waals surface area (Å²) in [6.45, 7) is -0.543. The minimum absolute atomic E-state index is 0.0495. The summed E-state index contributed by atoms with van der Waals surface area (Å²) >= 11 is 0. The van der Waals surface area contributed by atoms with Crippen LogP contribution in [0.4, 0.5) is 17.1 Å². The van der Waals surface area contributed by atoms with E-state index in [2.05, 4.69) is 10.6 Å². The van der Waals surface area contributed by atoms with Crippen molar-refractivity contribution in [2.45, 2.75) is 19.3 Å². The van der Waals surface area contributed by atoms with Gasteiger partial charge in [-0.3, -0.25) is 24.5 Å². The van der Waals surface area contributed by atoms with Gasteiger partial charge < -0.3 is 24.8 Å². The number of hydrogen-bond acceptors (Lipinski definition) is 8. The lowest BCUT2D eigenvalue weighted by atomic mass is 10.2. The number of nitrogens with one attached hydrogen (secondary N) is 2. The average Bonchev–Trinajstić information content (AvgIpc) is 2.89. The van der Waals surface area contributed by atoms with Gasteiger partial charge in [-0.15, -0.1) is 0 Å². The molecular weight excluding hydrogens is 482 g/mol. The number of non-ortho nitro benzene ring substituents is 1. The van der Waals surface area contributed by atoms with Crippen molar-refractivity contribution in [3.8, 4) is 17.2 Å². The Kier molecular flexibility index (Phi) is 9.54. The molecule has 3 rings (SSSR count). The first kappa shape index (κ1) is 26.7. The van der Waals surface area contributed by atoms with Crippen molar-refractivity contribution < 1.29 is 33.5 Å². The molecule has 2 N–H and O–H groups in total. The van der Waals surface area contributed by atoms with Crippen LogP contribution in [0.5, 0.6) is 17.2 Å². The zero-order valence-electron chi connectivity index (χ0n) is 20.0. The van der Waals surface area contributed by atoms with Crippen molar-refractivity contribution in [3.63, 3.8) is 0 Å². The molecule has 0 saturated heterocycles. The molecule has 3 aromatic carbocycles. The molecule has 0 bridgehead atoms. The lowest BCUT2D eigenvalue weighted by Crippen LogP contribution is -2.21. The summed E-state index contributed by atoms with van der Waals surface area (Å²) in [6.07, 6.45) is 0.265. The highest BCUT2D eigenvalue weighted by Gasteiger charge is 2.12. The molecule has 0 aliphatic carbocycles. The number of carbonyl (C=O) groups excluding carboxylic acids is 3. The van der Waals surface area contributed by atoms with Gasteiger partial charge in [0.1, 0.15) is 17.2 Å². The quantitative estimate of drug-likeness (QED) is 0.204. The third kappa shape index (κ3) is 8.98. The molecular formula is C26H25N3O8. The van der Waals surface area contributed by atoms with Crippen molar-refractivity contribution in [1.29, 1.82) is 0 Å². The smallest absolute Gasteiger partial charge is 0.306 e. The Morgan fingerprint density at radius 1 is 0.811 bits per heavy atom. The summed E-state index contributed by atoms with van der Waals surface area (Å²) in [5, 5.41) is 15.9. The number of rotatable bonds is 12. The standard InChI is InChI=1S/C26H25N3O8/c1-35-21-12-14-23(15-13-21)37-22-10-8-18(9-11-22)27-24(30)6-3-7-26(32)36-17-25(31)28-19-4-2-5-20(16-19)29(33)34/h2,4-5,8-16H,3,6-7,17H2,1H3,(H,27,30)(H,28,31). The van der Waals surface area contributed by atoms with E-state index in [0.717, 1.165) is 5.75 Å². The van der Waals surface area contributed by atoms with Gasteiger partial charge in [-0.25, -0.2) is 0 Å². The molecule has 2 amide bonds. The van der Waals surface area contributed by atoms with Gasteiger partial charge in [0.25, 0.3) is 11.6 Å². The Labute approximate surface area is 212 Å². The normalized spacial score (nSPS) is 10.2. The third-order valence-electron chi connectivity index (χ3n) is 4.92. The van der Waals surface area contributed by atoms with E-state index in [1.54, 1.807) is 55.6 Å². The fourth-order valence-electron chi connectivity index (χ4n) is 3.12. The van der Waals surface area contributed by atoms with E-state index in [1.807, 2.05) is 0 Å². The molecule has 37 heavy (non-hydrogen) atoms. The number of anilines is 2. The minimum atomic E-state index is -0.637. The summed E-state index contributed by atoms with van der Waals surface area (Å²) in [5.41, 5.74) is 0.616. The van der Waals surface area contributed by atoms with Crippen LogP contribution < -0.4 is 20.1 Å². The Morgan fingerprint density at radius 2 is 1.43 bits per heavy atom. The van der Waals surface area contributed by atoms with Crippen molar-refractivity contribution in [2.75, 3.05) is 24.4 Å². The maximum atomic E-state index is 12.2. The molecule has 11 heteroatoms. The predicted octanol–water partition coefficient (Wildman–Crippen LogP) is 4.69.